The van der Waals surface area contributed by atoms with Crippen LogP contribution in [-0.2, 0) is 31.3 Å². The van der Waals surface area contributed by atoms with E-state index in [-0.39, 0.29) is 6.10 Å². The molecular formula is C20H30N2O2. The van der Waals surface area contributed by atoms with Crippen molar-refractivity contribution >= 4 is 10.9 Å². The summed E-state index contributed by atoms with van der Waals surface area (Å²) < 4.78 is 7.91. The summed E-state index contributed by atoms with van der Waals surface area (Å²) in [6, 6.07) is 4.71. The van der Waals surface area contributed by atoms with Crippen LogP contribution in [0.3, 0.4) is 0 Å². The fraction of sp³-hybridized carbons (Fsp3) is 0.600. The van der Waals surface area contributed by atoms with Gasteiger partial charge in [-0.25, -0.2) is 0 Å². The Kier molecular flexibility index (Phi) is 5.28. The van der Waals surface area contributed by atoms with Crippen LogP contribution < -0.4 is 0 Å². The molecule has 1 unspecified atom stereocenters. The summed E-state index contributed by atoms with van der Waals surface area (Å²) in [5.41, 5.74) is 5.53. The molecule has 3 rings (SSSR count). The van der Waals surface area contributed by atoms with E-state index in [0.29, 0.717) is 6.10 Å². The van der Waals surface area contributed by atoms with Crippen molar-refractivity contribution in [3.8, 4) is 0 Å². The molecule has 0 saturated heterocycles. The number of rotatable bonds is 7. The predicted molar refractivity (Wildman–Crippen MR) is 98.1 cm³/mol. The van der Waals surface area contributed by atoms with E-state index < -0.39 is 0 Å². The van der Waals surface area contributed by atoms with Crippen LogP contribution in [0.5, 0.6) is 0 Å². The molecule has 1 N–H and O–H groups in total. The highest BCUT2D eigenvalue weighted by molar-refractivity contribution is 5.85. The Balaban J connectivity index is 1.76. The number of hydrogen-bond donors (Lipinski definition) is 1. The summed E-state index contributed by atoms with van der Waals surface area (Å²) in [7, 11) is 2.11. The van der Waals surface area contributed by atoms with Crippen molar-refractivity contribution in [2.45, 2.75) is 58.9 Å². The summed E-state index contributed by atoms with van der Waals surface area (Å²) >= 11 is 0. The number of aryl methyl sites for hydroxylation is 2. The third-order valence-electron chi connectivity index (χ3n) is 4.87. The summed E-state index contributed by atoms with van der Waals surface area (Å²) in [6.45, 7) is 9.83. The van der Waals surface area contributed by atoms with Crippen molar-refractivity contribution < 1.29 is 9.84 Å². The molecule has 1 aliphatic heterocycles. The van der Waals surface area contributed by atoms with Gasteiger partial charge in [-0.2, -0.15) is 0 Å². The Morgan fingerprint density at radius 1 is 1.17 bits per heavy atom. The minimum Gasteiger partial charge on any atom is -0.393 e. The van der Waals surface area contributed by atoms with Gasteiger partial charge in [0.15, 0.2) is 0 Å². The second kappa shape index (κ2) is 7.26. The monoisotopic (exact) mass is 330 g/mol. The maximum Gasteiger partial charge on any atom is 0.0597 e. The largest absolute Gasteiger partial charge is 0.393 e. The van der Waals surface area contributed by atoms with Gasteiger partial charge in [0, 0.05) is 43.8 Å². The molecule has 2 heterocycles. The Morgan fingerprint density at radius 3 is 2.54 bits per heavy atom. The molecule has 0 aliphatic carbocycles. The second-order valence-corrected chi connectivity index (χ2v) is 7.42. The van der Waals surface area contributed by atoms with Crippen LogP contribution in [0.25, 0.3) is 10.9 Å². The van der Waals surface area contributed by atoms with E-state index in [1.165, 1.54) is 27.6 Å². The average Bonchev–Trinajstić information content (AvgIpc) is 3.03. The number of fused-ring (bicyclic) bond motifs is 2. The van der Waals surface area contributed by atoms with E-state index >= 15 is 0 Å². The van der Waals surface area contributed by atoms with Crippen LogP contribution in [0.15, 0.2) is 18.3 Å². The van der Waals surface area contributed by atoms with Gasteiger partial charge < -0.3 is 14.4 Å². The zero-order valence-electron chi connectivity index (χ0n) is 15.4. The van der Waals surface area contributed by atoms with Gasteiger partial charge >= 0.3 is 0 Å². The maximum absolute atomic E-state index is 9.58. The highest BCUT2D eigenvalue weighted by atomic mass is 16.5. The van der Waals surface area contributed by atoms with Crippen molar-refractivity contribution in [1.29, 1.82) is 0 Å². The molecule has 0 bridgehead atoms. The number of benzene rings is 1. The molecule has 4 heteroatoms. The lowest BCUT2D eigenvalue weighted by Gasteiger charge is -2.15. The topological polar surface area (TPSA) is 37.6 Å². The standard InChI is InChI=1S/C20H30N2O2/c1-14(2)24-8-7-22-12-17-9-19-16(6-5-15(3)23)11-21(4)20(19)10-18(17)13-22/h9-11,14-15,23H,5-8,12-13H2,1-4H3. The molecule has 2 aromatic rings. The minimum absolute atomic E-state index is 0.244. The Hall–Kier alpha value is -1.36. The lowest BCUT2D eigenvalue weighted by molar-refractivity contribution is 0.0584. The van der Waals surface area contributed by atoms with E-state index in [1.54, 1.807) is 0 Å². The van der Waals surface area contributed by atoms with E-state index in [4.69, 9.17) is 4.74 Å². The fourth-order valence-corrected chi connectivity index (χ4v) is 3.57. The molecule has 1 aromatic heterocycles. The summed E-state index contributed by atoms with van der Waals surface area (Å²) in [4.78, 5) is 2.46. The van der Waals surface area contributed by atoms with Crippen molar-refractivity contribution in [1.82, 2.24) is 9.47 Å². The Labute approximate surface area is 145 Å². The van der Waals surface area contributed by atoms with Crippen LogP contribution in [0.4, 0.5) is 0 Å². The van der Waals surface area contributed by atoms with Gasteiger partial charge in [0.1, 0.15) is 0 Å². The number of aliphatic hydroxyl groups is 1. The predicted octanol–water partition coefficient (Wildman–Crippen LogP) is 3.23. The van der Waals surface area contributed by atoms with E-state index in [1.807, 2.05) is 6.92 Å². The number of nitrogens with zero attached hydrogens (tertiary/aromatic N) is 2. The van der Waals surface area contributed by atoms with E-state index in [9.17, 15) is 5.11 Å². The molecule has 0 saturated carbocycles. The number of aliphatic hydroxyl groups excluding tert-OH is 1. The molecule has 132 valence electrons. The zero-order chi connectivity index (χ0) is 17.3. The average molecular weight is 330 g/mol. The van der Waals surface area contributed by atoms with Gasteiger partial charge in [0.25, 0.3) is 0 Å². The first kappa shape index (κ1) is 17.5. The van der Waals surface area contributed by atoms with E-state index in [2.05, 4.69) is 48.7 Å². The maximum atomic E-state index is 9.58. The summed E-state index contributed by atoms with van der Waals surface area (Å²) in [6.07, 6.45) is 4.02. The van der Waals surface area contributed by atoms with Crippen molar-refractivity contribution in [3.63, 3.8) is 0 Å². The summed E-state index contributed by atoms with van der Waals surface area (Å²) in [5, 5.41) is 10.9. The molecule has 1 atom stereocenters. The Morgan fingerprint density at radius 2 is 1.88 bits per heavy atom. The highest BCUT2D eigenvalue weighted by Crippen LogP contribution is 2.31. The fourth-order valence-electron chi connectivity index (χ4n) is 3.57. The number of ether oxygens (including phenoxy) is 1. The SMILES string of the molecule is CC(O)CCc1cn(C)c2cc3c(cc12)CN(CCOC(C)C)C3. The molecule has 4 nitrogen and oxygen atoms in total. The van der Waals surface area contributed by atoms with Crippen LogP contribution >= 0.6 is 0 Å². The third-order valence-corrected chi connectivity index (χ3v) is 4.87. The lowest BCUT2D eigenvalue weighted by Crippen LogP contribution is -2.23. The first-order valence-electron chi connectivity index (χ1n) is 9.05. The molecular weight excluding hydrogens is 300 g/mol. The normalized spacial score (nSPS) is 16.2. The van der Waals surface area contributed by atoms with Gasteiger partial charge in [-0.1, -0.05) is 0 Å². The van der Waals surface area contributed by atoms with Gasteiger partial charge in [0.05, 0.1) is 18.8 Å². The third kappa shape index (κ3) is 3.82. The van der Waals surface area contributed by atoms with Gasteiger partial charge in [-0.05, 0) is 62.4 Å². The second-order valence-electron chi connectivity index (χ2n) is 7.42. The summed E-state index contributed by atoms with van der Waals surface area (Å²) in [5.74, 6) is 0. The first-order valence-corrected chi connectivity index (χ1v) is 9.05. The van der Waals surface area contributed by atoms with Crippen LogP contribution in [-0.4, -0.2) is 39.9 Å². The lowest BCUT2D eigenvalue weighted by atomic mass is 10.0. The van der Waals surface area contributed by atoms with Crippen molar-refractivity contribution in [2.24, 2.45) is 7.05 Å². The number of aromatic nitrogens is 1. The Bertz CT molecular complexity index is 703. The molecule has 1 aromatic carbocycles. The van der Waals surface area contributed by atoms with Crippen LogP contribution in [0.2, 0.25) is 0 Å². The molecule has 24 heavy (non-hydrogen) atoms. The highest BCUT2D eigenvalue weighted by Gasteiger charge is 2.21. The molecule has 0 amide bonds. The van der Waals surface area contributed by atoms with Gasteiger partial charge in [-0.15, -0.1) is 0 Å². The molecule has 1 aliphatic rings. The van der Waals surface area contributed by atoms with E-state index in [0.717, 1.165) is 39.1 Å². The van der Waals surface area contributed by atoms with Gasteiger partial charge in [0.2, 0.25) is 0 Å². The quantitative estimate of drug-likeness (QED) is 0.847. The molecule has 0 radical (unpaired) electrons. The molecule has 0 fully saturated rings. The molecule has 0 spiro atoms. The van der Waals surface area contributed by atoms with Crippen molar-refractivity contribution in [3.05, 3.63) is 35.0 Å². The first-order chi connectivity index (χ1) is 11.4. The van der Waals surface area contributed by atoms with Crippen molar-refractivity contribution in [2.75, 3.05) is 13.2 Å². The van der Waals surface area contributed by atoms with Crippen LogP contribution in [0, 0.1) is 0 Å². The minimum atomic E-state index is -0.244. The smallest absolute Gasteiger partial charge is 0.0597 e. The zero-order valence-corrected chi connectivity index (χ0v) is 15.4. The van der Waals surface area contributed by atoms with Gasteiger partial charge in [-0.3, -0.25) is 4.90 Å². The van der Waals surface area contributed by atoms with Crippen LogP contribution in [0.1, 0.15) is 43.9 Å². The number of hydrogen-bond acceptors (Lipinski definition) is 3.